The van der Waals surface area contributed by atoms with Gasteiger partial charge in [-0.25, -0.2) is 13.4 Å². The van der Waals surface area contributed by atoms with E-state index in [9.17, 15) is 13.2 Å². The molecule has 1 N–H and O–H groups in total. The van der Waals surface area contributed by atoms with Crippen molar-refractivity contribution >= 4 is 67.0 Å². The lowest BCUT2D eigenvalue weighted by Crippen LogP contribution is -2.56. The second-order valence-corrected chi connectivity index (χ2v) is 12.3. The fourth-order valence-electron chi connectivity index (χ4n) is 4.87. The summed E-state index contributed by atoms with van der Waals surface area (Å²) in [4.78, 5) is 23.7. The lowest BCUT2D eigenvalue weighted by Gasteiger charge is -2.43. The number of halogens is 2. The van der Waals surface area contributed by atoms with Crippen molar-refractivity contribution in [2.45, 2.75) is 30.3 Å². The van der Waals surface area contributed by atoms with Crippen molar-refractivity contribution in [1.82, 2.24) is 9.88 Å². The van der Waals surface area contributed by atoms with E-state index in [1.54, 1.807) is 28.5 Å². The molecule has 2 aromatic carbocycles. The first-order chi connectivity index (χ1) is 17.2. The van der Waals surface area contributed by atoms with E-state index in [0.29, 0.717) is 27.4 Å². The summed E-state index contributed by atoms with van der Waals surface area (Å²) in [5.41, 5.74) is 1.68. The topological polar surface area (TPSA) is 85.9 Å². The Kier molecular flexibility index (Phi) is 7.15. The molecule has 3 heterocycles. The molecule has 190 valence electrons. The minimum Gasteiger partial charge on any atom is -0.366 e. The number of nitrogens with one attached hydrogen (secondary N) is 1. The number of hydrogen-bond acceptors (Lipinski definition) is 7. The third-order valence-electron chi connectivity index (χ3n) is 6.57. The van der Waals surface area contributed by atoms with Crippen molar-refractivity contribution in [1.29, 1.82) is 0 Å². The fourth-order valence-corrected chi connectivity index (χ4v) is 7.17. The van der Waals surface area contributed by atoms with Gasteiger partial charge in [0.1, 0.15) is 0 Å². The summed E-state index contributed by atoms with van der Waals surface area (Å²) in [6, 6.07) is 11.9. The number of anilines is 3. The number of benzene rings is 2. The molecule has 2 aliphatic heterocycles. The van der Waals surface area contributed by atoms with E-state index in [2.05, 4.69) is 26.4 Å². The largest absolute Gasteiger partial charge is 0.366 e. The van der Waals surface area contributed by atoms with Gasteiger partial charge < -0.3 is 9.80 Å². The maximum atomic E-state index is 13.3. The van der Waals surface area contributed by atoms with Gasteiger partial charge in [-0.05, 0) is 55.8 Å². The average molecular weight is 567 g/mol. The number of carbonyl (C=O) groups excluding carboxylic acids is 1. The second kappa shape index (κ2) is 10.2. The molecule has 1 amide bonds. The number of sulfonamides is 1. The summed E-state index contributed by atoms with van der Waals surface area (Å²) in [7, 11) is -3.74. The molecule has 2 aliphatic rings. The number of rotatable bonds is 6. The van der Waals surface area contributed by atoms with Crippen molar-refractivity contribution in [3.05, 3.63) is 64.1 Å². The number of hydrogen-bond donors (Lipinski definition) is 1. The number of aromatic nitrogens is 1. The molecule has 8 nitrogen and oxygen atoms in total. The first-order valence-corrected chi connectivity index (χ1v) is 14.6. The summed E-state index contributed by atoms with van der Waals surface area (Å²) in [5, 5.41) is 3.21. The van der Waals surface area contributed by atoms with E-state index in [1.807, 2.05) is 12.1 Å². The molecule has 0 spiro atoms. The maximum Gasteiger partial charge on any atom is 0.263 e. The standard InChI is InChI=1S/C24H25Cl2N5O3S2/c1-16-15-29(9-10-30(16)20-13-17(25)12-18(26)14-20)22-6-8-31(23(22)32)19-2-4-21(5-3-19)36(33,34)28-24-27-7-11-35-24/h2-5,7,11-14,16,22H,6,8-10,15H2,1H3,(H,27,28)/t16-,22+/m0/s1. The zero-order chi connectivity index (χ0) is 25.4. The van der Waals surface area contributed by atoms with Crippen LogP contribution in [0.2, 0.25) is 10.0 Å². The molecule has 0 aliphatic carbocycles. The van der Waals surface area contributed by atoms with Crippen molar-refractivity contribution in [2.75, 3.05) is 40.7 Å². The van der Waals surface area contributed by atoms with Crippen LogP contribution < -0.4 is 14.5 Å². The van der Waals surface area contributed by atoms with E-state index in [4.69, 9.17) is 23.2 Å². The Hall–Kier alpha value is -2.37. The summed E-state index contributed by atoms with van der Waals surface area (Å²) in [6.45, 7) is 4.98. The van der Waals surface area contributed by atoms with E-state index in [-0.39, 0.29) is 22.9 Å². The van der Waals surface area contributed by atoms with Crippen LogP contribution in [0.25, 0.3) is 0 Å². The number of carbonyl (C=O) groups is 1. The number of nitrogens with zero attached hydrogens (tertiary/aromatic N) is 4. The van der Waals surface area contributed by atoms with Crippen LogP contribution in [0, 0.1) is 0 Å². The van der Waals surface area contributed by atoms with Crippen LogP contribution in [0.3, 0.4) is 0 Å². The normalized spacial score (nSPS) is 21.2. The Bertz CT molecular complexity index is 1330. The number of piperazine rings is 1. The van der Waals surface area contributed by atoms with Gasteiger partial charge in [-0.2, -0.15) is 0 Å². The predicted octanol–water partition coefficient (Wildman–Crippen LogP) is 4.57. The molecule has 5 rings (SSSR count). The van der Waals surface area contributed by atoms with Gasteiger partial charge in [0.2, 0.25) is 5.91 Å². The molecule has 0 unspecified atom stereocenters. The smallest absolute Gasteiger partial charge is 0.263 e. The van der Waals surface area contributed by atoms with Gasteiger partial charge in [-0.1, -0.05) is 23.2 Å². The quantitative estimate of drug-likeness (QED) is 0.471. The van der Waals surface area contributed by atoms with Gasteiger partial charge in [0.05, 0.1) is 10.9 Å². The van der Waals surface area contributed by atoms with Gasteiger partial charge in [-0.15, -0.1) is 11.3 Å². The van der Waals surface area contributed by atoms with Crippen LogP contribution in [0.5, 0.6) is 0 Å². The van der Waals surface area contributed by atoms with Crippen molar-refractivity contribution in [3.8, 4) is 0 Å². The highest BCUT2D eigenvalue weighted by atomic mass is 35.5. The van der Waals surface area contributed by atoms with Crippen molar-refractivity contribution in [2.24, 2.45) is 0 Å². The lowest BCUT2D eigenvalue weighted by molar-refractivity contribution is -0.121. The monoisotopic (exact) mass is 565 g/mol. The van der Waals surface area contributed by atoms with Crippen molar-refractivity contribution in [3.63, 3.8) is 0 Å². The molecule has 12 heteroatoms. The summed E-state index contributed by atoms with van der Waals surface area (Å²) in [5.74, 6) is 0.0398. The molecule has 2 atom stereocenters. The van der Waals surface area contributed by atoms with Gasteiger partial charge in [0.25, 0.3) is 10.0 Å². The highest BCUT2D eigenvalue weighted by molar-refractivity contribution is 7.93. The van der Waals surface area contributed by atoms with E-state index < -0.39 is 10.0 Å². The minimum atomic E-state index is -3.74. The van der Waals surface area contributed by atoms with Crippen LogP contribution in [-0.4, -0.2) is 62.5 Å². The van der Waals surface area contributed by atoms with Crippen LogP contribution >= 0.6 is 34.5 Å². The lowest BCUT2D eigenvalue weighted by atomic mass is 10.1. The molecular formula is C24H25Cl2N5O3S2. The van der Waals surface area contributed by atoms with Gasteiger partial charge in [0, 0.05) is 65.2 Å². The Balaban J connectivity index is 1.24. The maximum absolute atomic E-state index is 13.3. The van der Waals surface area contributed by atoms with Gasteiger partial charge in [0.15, 0.2) is 5.13 Å². The molecule has 2 saturated heterocycles. The third kappa shape index (κ3) is 5.19. The van der Waals surface area contributed by atoms with E-state index in [1.165, 1.54) is 29.7 Å². The molecule has 3 aromatic rings. The molecule has 0 bridgehead atoms. The van der Waals surface area contributed by atoms with Crippen LogP contribution in [0.15, 0.2) is 58.9 Å². The first kappa shape index (κ1) is 25.3. The van der Waals surface area contributed by atoms with E-state index >= 15 is 0 Å². The summed E-state index contributed by atoms with van der Waals surface area (Å²) < 4.78 is 27.7. The summed E-state index contributed by atoms with van der Waals surface area (Å²) in [6.07, 6.45) is 2.26. The average Bonchev–Trinajstić information content (AvgIpc) is 3.47. The summed E-state index contributed by atoms with van der Waals surface area (Å²) >= 11 is 13.6. The Labute approximate surface area is 224 Å². The minimum absolute atomic E-state index is 0.0398. The van der Waals surface area contributed by atoms with Gasteiger partial charge in [-0.3, -0.25) is 14.4 Å². The van der Waals surface area contributed by atoms with Gasteiger partial charge >= 0.3 is 0 Å². The molecule has 0 saturated carbocycles. The van der Waals surface area contributed by atoms with Crippen LogP contribution in [0.4, 0.5) is 16.5 Å². The van der Waals surface area contributed by atoms with Crippen LogP contribution in [-0.2, 0) is 14.8 Å². The Morgan fingerprint density at radius 3 is 2.39 bits per heavy atom. The zero-order valence-electron chi connectivity index (χ0n) is 19.5. The van der Waals surface area contributed by atoms with E-state index in [0.717, 1.165) is 31.7 Å². The first-order valence-electron chi connectivity index (χ1n) is 11.5. The van der Waals surface area contributed by atoms with Crippen molar-refractivity contribution < 1.29 is 13.2 Å². The Morgan fingerprint density at radius 1 is 1.03 bits per heavy atom. The third-order valence-corrected chi connectivity index (χ3v) is 9.18. The van der Waals surface area contributed by atoms with Crippen LogP contribution in [0.1, 0.15) is 13.3 Å². The second-order valence-electron chi connectivity index (χ2n) is 8.90. The highest BCUT2D eigenvalue weighted by Crippen LogP contribution is 2.31. The molecule has 36 heavy (non-hydrogen) atoms. The molecular weight excluding hydrogens is 541 g/mol. The molecule has 2 fully saturated rings. The molecule has 0 radical (unpaired) electrons. The SMILES string of the molecule is C[C@H]1CN([C@@H]2CCN(c3ccc(S(=O)(=O)Nc4nccs4)cc3)C2=O)CCN1c1cc(Cl)cc(Cl)c1. The predicted molar refractivity (Wildman–Crippen MR) is 145 cm³/mol. The highest BCUT2D eigenvalue weighted by Gasteiger charge is 2.39. The number of amides is 1. The Morgan fingerprint density at radius 2 is 1.75 bits per heavy atom. The molecule has 1 aromatic heterocycles. The zero-order valence-corrected chi connectivity index (χ0v) is 22.6. The fraction of sp³-hybridized carbons (Fsp3) is 0.333. The number of thiazole rings is 1.